The average molecular weight is 360 g/mol. The van der Waals surface area contributed by atoms with Crippen LogP contribution in [0.4, 0.5) is 0 Å². The van der Waals surface area contributed by atoms with Gasteiger partial charge in [0.25, 0.3) is 5.56 Å². The number of nitrogens with one attached hydrogen (secondary N) is 1. The van der Waals surface area contributed by atoms with Crippen LogP contribution in [0.3, 0.4) is 0 Å². The summed E-state index contributed by atoms with van der Waals surface area (Å²) in [4.78, 5) is 29.6. The van der Waals surface area contributed by atoms with E-state index in [4.69, 9.17) is 0 Å². The Hall–Kier alpha value is -2.02. The molecule has 2 aromatic heterocycles. The van der Waals surface area contributed by atoms with E-state index in [1.807, 2.05) is 13.8 Å². The van der Waals surface area contributed by atoms with Crippen molar-refractivity contribution in [1.29, 1.82) is 0 Å². The minimum Gasteiger partial charge on any atom is -0.354 e. The summed E-state index contributed by atoms with van der Waals surface area (Å²) in [5.74, 6) is 0.241. The van der Waals surface area contributed by atoms with Gasteiger partial charge in [-0.25, -0.2) is 9.67 Å². The molecule has 25 heavy (non-hydrogen) atoms. The van der Waals surface area contributed by atoms with Gasteiger partial charge in [0.15, 0.2) is 0 Å². The zero-order chi connectivity index (χ0) is 17.8. The summed E-state index contributed by atoms with van der Waals surface area (Å²) in [5, 5.41) is 8.38. The lowest BCUT2D eigenvalue weighted by atomic mass is 9.89. The second kappa shape index (κ2) is 7.91. The molecule has 2 heterocycles. The molecule has 7 heteroatoms. The van der Waals surface area contributed by atoms with Gasteiger partial charge in [0.1, 0.15) is 5.69 Å². The lowest BCUT2D eigenvalue weighted by molar-refractivity contribution is -0.125. The summed E-state index contributed by atoms with van der Waals surface area (Å²) in [7, 11) is 0. The third kappa shape index (κ3) is 4.34. The van der Waals surface area contributed by atoms with Crippen molar-refractivity contribution in [3.05, 3.63) is 33.2 Å². The van der Waals surface area contributed by atoms with Crippen LogP contribution in [-0.4, -0.2) is 27.2 Å². The van der Waals surface area contributed by atoms with E-state index in [1.165, 1.54) is 17.2 Å². The summed E-state index contributed by atoms with van der Waals surface area (Å²) >= 11 is 1.57. The summed E-state index contributed by atoms with van der Waals surface area (Å²) in [5.41, 5.74) is 1.52. The molecule has 1 aliphatic carbocycles. The van der Waals surface area contributed by atoms with Gasteiger partial charge in [-0.3, -0.25) is 9.59 Å². The fraction of sp³-hybridized carbons (Fsp3) is 0.556. The molecule has 0 radical (unpaired) electrons. The van der Waals surface area contributed by atoms with Crippen molar-refractivity contribution in [2.45, 2.75) is 52.5 Å². The van der Waals surface area contributed by atoms with Gasteiger partial charge in [0.05, 0.1) is 22.1 Å². The lowest BCUT2D eigenvalue weighted by Crippen LogP contribution is -2.36. The molecule has 134 valence electrons. The first-order valence-electron chi connectivity index (χ1n) is 8.85. The lowest BCUT2D eigenvalue weighted by Gasteiger charge is -2.20. The molecule has 1 fully saturated rings. The molecule has 0 atom stereocenters. The number of carbonyl (C=O) groups is 1. The van der Waals surface area contributed by atoms with E-state index in [2.05, 4.69) is 15.4 Å². The van der Waals surface area contributed by atoms with Crippen LogP contribution in [0, 0.1) is 19.8 Å². The molecule has 0 spiro atoms. The number of hydrogen-bond donors (Lipinski definition) is 1. The number of rotatable bonds is 5. The predicted octanol–water partition coefficient (Wildman–Crippen LogP) is 2.68. The predicted molar refractivity (Wildman–Crippen MR) is 98.7 cm³/mol. The Morgan fingerprint density at radius 1 is 1.28 bits per heavy atom. The quantitative estimate of drug-likeness (QED) is 0.889. The Morgan fingerprint density at radius 2 is 2.04 bits per heavy atom. The van der Waals surface area contributed by atoms with Gasteiger partial charge < -0.3 is 5.32 Å². The first-order valence-corrected chi connectivity index (χ1v) is 9.66. The molecule has 3 rings (SSSR count). The van der Waals surface area contributed by atoms with Crippen molar-refractivity contribution >= 4 is 17.2 Å². The van der Waals surface area contributed by atoms with E-state index in [0.717, 1.165) is 47.0 Å². The molecule has 2 aromatic rings. The van der Waals surface area contributed by atoms with Crippen molar-refractivity contribution < 1.29 is 4.79 Å². The number of aromatic nitrogens is 3. The van der Waals surface area contributed by atoms with Crippen molar-refractivity contribution in [2.75, 3.05) is 6.54 Å². The fourth-order valence-electron chi connectivity index (χ4n) is 3.29. The van der Waals surface area contributed by atoms with Gasteiger partial charge in [0, 0.05) is 18.5 Å². The van der Waals surface area contributed by atoms with Crippen LogP contribution in [-0.2, 0) is 11.3 Å². The zero-order valence-electron chi connectivity index (χ0n) is 14.7. The van der Waals surface area contributed by atoms with E-state index in [0.29, 0.717) is 13.1 Å². The highest BCUT2D eigenvalue weighted by Crippen LogP contribution is 2.27. The van der Waals surface area contributed by atoms with Crippen LogP contribution in [0.15, 0.2) is 16.9 Å². The largest absolute Gasteiger partial charge is 0.354 e. The van der Waals surface area contributed by atoms with Crippen LogP contribution in [0.1, 0.15) is 42.8 Å². The van der Waals surface area contributed by atoms with Crippen LogP contribution in [0.2, 0.25) is 0 Å². The molecular weight excluding hydrogens is 336 g/mol. The number of amides is 1. The van der Waals surface area contributed by atoms with E-state index in [1.54, 1.807) is 17.4 Å². The smallest absolute Gasteiger partial charge is 0.266 e. The van der Waals surface area contributed by atoms with Crippen LogP contribution >= 0.6 is 11.3 Å². The molecule has 0 aromatic carbocycles. The van der Waals surface area contributed by atoms with Crippen LogP contribution < -0.4 is 10.9 Å². The molecule has 6 nitrogen and oxygen atoms in total. The first kappa shape index (κ1) is 17.8. The molecule has 0 unspecified atom stereocenters. The van der Waals surface area contributed by atoms with E-state index < -0.39 is 0 Å². The SMILES string of the molecule is Cc1nc(C)c(-c2ccc(=O)n(CCNC(=O)C3CCCCC3)n2)s1. The number of carbonyl (C=O) groups excluding carboxylic acids is 1. The van der Waals surface area contributed by atoms with Crippen molar-refractivity contribution in [2.24, 2.45) is 5.92 Å². The van der Waals surface area contributed by atoms with Gasteiger partial charge in [-0.1, -0.05) is 19.3 Å². The molecule has 0 bridgehead atoms. The monoisotopic (exact) mass is 360 g/mol. The molecule has 0 aliphatic heterocycles. The number of nitrogens with zero attached hydrogens (tertiary/aromatic N) is 3. The highest BCUT2D eigenvalue weighted by molar-refractivity contribution is 7.15. The second-order valence-corrected chi connectivity index (χ2v) is 7.76. The topological polar surface area (TPSA) is 76.9 Å². The molecule has 1 aliphatic rings. The second-order valence-electron chi connectivity index (χ2n) is 6.55. The Morgan fingerprint density at radius 3 is 2.72 bits per heavy atom. The van der Waals surface area contributed by atoms with Crippen molar-refractivity contribution in [3.8, 4) is 10.6 Å². The summed E-state index contributed by atoms with van der Waals surface area (Å²) < 4.78 is 1.42. The van der Waals surface area contributed by atoms with Gasteiger partial charge in [0.2, 0.25) is 5.91 Å². The minimum absolute atomic E-state index is 0.109. The number of hydrogen-bond acceptors (Lipinski definition) is 5. The van der Waals surface area contributed by atoms with E-state index in [9.17, 15) is 9.59 Å². The first-order chi connectivity index (χ1) is 12.0. The Kier molecular flexibility index (Phi) is 5.63. The molecule has 0 saturated heterocycles. The molecule has 1 N–H and O–H groups in total. The molecular formula is C18H24N4O2S. The minimum atomic E-state index is -0.158. The normalized spacial score (nSPS) is 15.3. The van der Waals surface area contributed by atoms with Gasteiger partial charge in [-0.2, -0.15) is 5.10 Å². The maximum absolute atomic E-state index is 12.2. The standard InChI is InChI=1S/C18H24N4O2S/c1-12-17(25-13(2)20-12)15-8-9-16(23)22(21-15)11-10-19-18(24)14-6-4-3-5-7-14/h8-9,14H,3-7,10-11H2,1-2H3,(H,19,24). The average Bonchev–Trinajstić information content (AvgIpc) is 2.95. The summed E-state index contributed by atoms with van der Waals surface area (Å²) in [6, 6.07) is 3.26. The number of aryl methyl sites for hydroxylation is 2. The van der Waals surface area contributed by atoms with Crippen LogP contribution in [0.25, 0.3) is 10.6 Å². The highest BCUT2D eigenvalue weighted by atomic mass is 32.1. The fourth-order valence-corrected chi connectivity index (χ4v) is 4.18. The number of thiazole rings is 1. The van der Waals surface area contributed by atoms with Crippen molar-refractivity contribution in [3.63, 3.8) is 0 Å². The molecule has 1 amide bonds. The maximum Gasteiger partial charge on any atom is 0.266 e. The van der Waals surface area contributed by atoms with Crippen molar-refractivity contribution in [1.82, 2.24) is 20.1 Å². The molecule has 1 saturated carbocycles. The van der Waals surface area contributed by atoms with Gasteiger partial charge >= 0.3 is 0 Å². The summed E-state index contributed by atoms with van der Waals surface area (Å²) in [6.07, 6.45) is 5.45. The van der Waals surface area contributed by atoms with Crippen LogP contribution in [0.5, 0.6) is 0 Å². The Labute approximate surface area is 151 Å². The van der Waals surface area contributed by atoms with Gasteiger partial charge in [-0.15, -0.1) is 11.3 Å². The highest BCUT2D eigenvalue weighted by Gasteiger charge is 2.20. The van der Waals surface area contributed by atoms with E-state index in [-0.39, 0.29) is 17.4 Å². The summed E-state index contributed by atoms with van der Waals surface area (Å²) in [6.45, 7) is 4.70. The van der Waals surface area contributed by atoms with Gasteiger partial charge in [-0.05, 0) is 32.8 Å². The third-order valence-electron chi connectivity index (χ3n) is 4.60. The Balaban J connectivity index is 1.64. The zero-order valence-corrected chi connectivity index (χ0v) is 15.6. The Bertz CT molecular complexity index is 806. The maximum atomic E-state index is 12.2. The third-order valence-corrected chi connectivity index (χ3v) is 5.70. The van der Waals surface area contributed by atoms with E-state index >= 15 is 0 Å².